The van der Waals surface area contributed by atoms with Crippen LogP contribution in [0.15, 0.2) is 18.2 Å². The molecule has 1 amide bonds. The number of nitrogens with zero attached hydrogens (tertiary/aromatic N) is 4. The molecule has 1 aromatic heterocycles. The summed E-state index contributed by atoms with van der Waals surface area (Å²) < 4.78 is 5.37. The zero-order valence-electron chi connectivity index (χ0n) is 17.1. The molecule has 2 aromatic rings. The Kier molecular flexibility index (Phi) is 4.31. The first-order chi connectivity index (χ1) is 14.2. The molecule has 2 atom stereocenters. The van der Waals surface area contributed by atoms with E-state index in [0.717, 1.165) is 6.42 Å². The van der Waals surface area contributed by atoms with E-state index in [1.54, 1.807) is 18.2 Å². The second kappa shape index (κ2) is 6.42. The molecule has 0 spiro atoms. The molecular formula is C22H20ClN5O2. The van der Waals surface area contributed by atoms with Gasteiger partial charge in [-0.25, -0.2) is 9.97 Å². The van der Waals surface area contributed by atoms with Gasteiger partial charge in [0.2, 0.25) is 5.91 Å². The van der Waals surface area contributed by atoms with E-state index < -0.39 is 16.2 Å². The van der Waals surface area contributed by atoms with Crippen LogP contribution in [-0.2, 0) is 15.6 Å². The zero-order chi connectivity index (χ0) is 21.9. The minimum absolute atomic E-state index is 0.00658. The molecule has 1 saturated carbocycles. The summed E-state index contributed by atoms with van der Waals surface area (Å²) >= 11 is 6.13. The largest absolute Gasteiger partial charge is 0.495 e. The highest BCUT2D eigenvalue weighted by Gasteiger charge is 2.73. The first kappa shape index (κ1) is 20.1. The fourth-order valence-electron chi connectivity index (χ4n) is 5.15. The molecule has 1 heterocycles. The summed E-state index contributed by atoms with van der Waals surface area (Å²) in [6.07, 6.45) is 1.28. The van der Waals surface area contributed by atoms with Crippen LogP contribution in [0.1, 0.15) is 56.4 Å². The highest BCUT2D eigenvalue weighted by Crippen LogP contribution is 2.70. The molecule has 4 rings (SSSR count). The number of benzene rings is 1. The van der Waals surface area contributed by atoms with E-state index in [4.69, 9.17) is 16.3 Å². The van der Waals surface area contributed by atoms with E-state index >= 15 is 0 Å². The van der Waals surface area contributed by atoms with Gasteiger partial charge in [0.15, 0.2) is 11.4 Å². The van der Waals surface area contributed by atoms with Crippen LogP contribution >= 0.6 is 11.6 Å². The van der Waals surface area contributed by atoms with Gasteiger partial charge < -0.3 is 10.1 Å². The van der Waals surface area contributed by atoms with Gasteiger partial charge in [-0.05, 0) is 36.5 Å². The zero-order valence-corrected chi connectivity index (χ0v) is 17.9. The van der Waals surface area contributed by atoms with E-state index in [1.807, 2.05) is 26.0 Å². The summed E-state index contributed by atoms with van der Waals surface area (Å²) in [5.41, 5.74) is -0.494. The minimum atomic E-state index is -1.00. The molecule has 2 aliphatic carbocycles. The molecule has 1 aromatic carbocycles. The Balaban J connectivity index is 1.90. The van der Waals surface area contributed by atoms with Crippen molar-refractivity contribution in [2.75, 3.05) is 12.4 Å². The molecule has 7 nitrogen and oxygen atoms in total. The number of carbonyl (C=O) groups excluding carboxylic acids is 1. The van der Waals surface area contributed by atoms with Crippen LogP contribution < -0.4 is 10.1 Å². The van der Waals surface area contributed by atoms with Crippen LogP contribution in [0.25, 0.3) is 0 Å². The summed E-state index contributed by atoms with van der Waals surface area (Å²) in [5, 5.41) is 22.3. The summed E-state index contributed by atoms with van der Waals surface area (Å²) in [7, 11) is 1.52. The van der Waals surface area contributed by atoms with Crippen LogP contribution in [0.2, 0.25) is 5.02 Å². The van der Waals surface area contributed by atoms with Gasteiger partial charge in [-0.3, -0.25) is 4.79 Å². The second-order valence-corrected chi connectivity index (χ2v) is 8.94. The quantitative estimate of drug-likeness (QED) is 0.805. The third-order valence-electron chi connectivity index (χ3n) is 7.28. The number of hydrogen-bond donors (Lipinski definition) is 1. The van der Waals surface area contributed by atoms with Crippen molar-refractivity contribution in [3.05, 3.63) is 46.0 Å². The van der Waals surface area contributed by atoms with Gasteiger partial charge in [-0.2, -0.15) is 10.5 Å². The number of methoxy groups -OCH3 is 1. The normalized spacial score (nSPS) is 25.2. The maximum Gasteiger partial charge on any atom is 0.237 e. The van der Waals surface area contributed by atoms with E-state index in [1.165, 1.54) is 7.11 Å². The third kappa shape index (κ3) is 2.27. The lowest BCUT2D eigenvalue weighted by atomic mass is 9.63. The number of ether oxygens (including phenoxy) is 1. The van der Waals surface area contributed by atoms with Gasteiger partial charge in [0.25, 0.3) is 0 Å². The molecule has 2 aliphatic rings. The fourth-order valence-corrected chi connectivity index (χ4v) is 5.32. The van der Waals surface area contributed by atoms with Crippen LogP contribution in [0.4, 0.5) is 5.69 Å². The Morgan fingerprint density at radius 1 is 1.13 bits per heavy atom. The van der Waals surface area contributed by atoms with Gasteiger partial charge in [0, 0.05) is 10.4 Å². The van der Waals surface area contributed by atoms with E-state index in [-0.39, 0.29) is 17.3 Å². The van der Waals surface area contributed by atoms with Crippen LogP contribution in [-0.4, -0.2) is 23.0 Å². The Labute approximate surface area is 179 Å². The molecule has 2 unspecified atom stereocenters. The molecule has 152 valence electrons. The van der Waals surface area contributed by atoms with Gasteiger partial charge >= 0.3 is 0 Å². The number of rotatable bonds is 3. The molecule has 0 radical (unpaired) electrons. The summed E-state index contributed by atoms with van der Waals surface area (Å²) in [6.45, 7) is 6.10. The minimum Gasteiger partial charge on any atom is -0.495 e. The van der Waals surface area contributed by atoms with Gasteiger partial charge in [-0.15, -0.1) is 0 Å². The maximum atomic E-state index is 13.8. The first-order valence-electron chi connectivity index (χ1n) is 9.54. The smallest absolute Gasteiger partial charge is 0.237 e. The summed E-state index contributed by atoms with van der Waals surface area (Å²) in [5.74, 6) is 0.239. The maximum absolute atomic E-state index is 13.8. The second-order valence-electron chi connectivity index (χ2n) is 8.50. The SMILES string of the molecule is COc1ccc(Cl)cc1NC(=O)C12CCC(C)(c3nc(C#N)c(C#N)nc31)C2(C)C. The van der Waals surface area contributed by atoms with Crippen molar-refractivity contribution in [1.82, 2.24) is 9.97 Å². The summed E-state index contributed by atoms with van der Waals surface area (Å²) in [4.78, 5) is 22.8. The van der Waals surface area contributed by atoms with Gasteiger partial charge in [0.05, 0.1) is 29.6 Å². The van der Waals surface area contributed by atoms with E-state index in [2.05, 4.69) is 22.2 Å². The predicted octanol–water partition coefficient (Wildman–Crippen LogP) is 3.85. The van der Waals surface area contributed by atoms with Crippen LogP contribution in [0.5, 0.6) is 5.75 Å². The molecule has 0 aliphatic heterocycles. The lowest BCUT2D eigenvalue weighted by Gasteiger charge is -2.39. The number of amides is 1. The lowest BCUT2D eigenvalue weighted by molar-refractivity contribution is -0.125. The monoisotopic (exact) mass is 421 g/mol. The number of halogens is 1. The third-order valence-corrected chi connectivity index (χ3v) is 7.51. The molecule has 1 N–H and O–H groups in total. The number of anilines is 1. The predicted molar refractivity (Wildman–Crippen MR) is 110 cm³/mol. The molecule has 0 saturated heterocycles. The van der Waals surface area contributed by atoms with Crippen molar-refractivity contribution in [1.29, 1.82) is 10.5 Å². The van der Waals surface area contributed by atoms with E-state index in [0.29, 0.717) is 34.3 Å². The Morgan fingerprint density at radius 2 is 1.77 bits per heavy atom. The van der Waals surface area contributed by atoms with Crippen LogP contribution in [0, 0.1) is 28.1 Å². The number of hydrogen-bond acceptors (Lipinski definition) is 6. The van der Waals surface area contributed by atoms with Crippen molar-refractivity contribution in [3.8, 4) is 17.9 Å². The van der Waals surface area contributed by atoms with Crippen molar-refractivity contribution in [3.63, 3.8) is 0 Å². The lowest BCUT2D eigenvalue weighted by Crippen LogP contribution is -2.48. The number of nitriles is 2. The fraction of sp³-hybridized carbons (Fsp3) is 0.409. The highest BCUT2D eigenvalue weighted by molar-refractivity contribution is 6.31. The highest BCUT2D eigenvalue weighted by atomic mass is 35.5. The van der Waals surface area contributed by atoms with Crippen molar-refractivity contribution in [2.45, 2.75) is 44.4 Å². The van der Waals surface area contributed by atoms with Crippen LogP contribution in [0.3, 0.4) is 0 Å². The van der Waals surface area contributed by atoms with Gasteiger partial charge in [-0.1, -0.05) is 32.4 Å². The number of carbonyl (C=O) groups is 1. The summed E-state index contributed by atoms with van der Waals surface area (Å²) in [6, 6.07) is 8.91. The molecule has 30 heavy (non-hydrogen) atoms. The Bertz CT molecular complexity index is 1180. The Hall–Kier alpha value is -3.16. The first-order valence-corrected chi connectivity index (χ1v) is 9.92. The average Bonchev–Trinajstić information content (AvgIpc) is 3.02. The number of aromatic nitrogens is 2. The topological polar surface area (TPSA) is 112 Å². The van der Waals surface area contributed by atoms with Gasteiger partial charge in [0.1, 0.15) is 17.9 Å². The number of nitrogens with one attached hydrogen (secondary N) is 1. The average molecular weight is 422 g/mol. The Morgan fingerprint density at radius 3 is 2.37 bits per heavy atom. The molecule has 8 heteroatoms. The standard InChI is InChI=1S/C22H20ClN5O2/c1-20(2)21(3)7-8-22(20,18-17(21)26-14(10-24)15(11-25)27-18)19(29)28-13-9-12(23)5-6-16(13)30-4/h5-6,9H,7-8H2,1-4H3,(H,28,29). The van der Waals surface area contributed by atoms with Crippen molar-refractivity contribution >= 4 is 23.2 Å². The van der Waals surface area contributed by atoms with Crippen molar-refractivity contribution in [2.24, 2.45) is 5.41 Å². The molecule has 2 bridgehead atoms. The number of fused-ring (bicyclic) bond motifs is 5. The van der Waals surface area contributed by atoms with Crippen molar-refractivity contribution < 1.29 is 9.53 Å². The molecule has 1 fully saturated rings. The van der Waals surface area contributed by atoms with E-state index in [9.17, 15) is 15.3 Å². The molecular weight excluding hydrogens is 402 g/mol.